The van der Waals surface area contributed by atoms with Crippen molar-refractivity contribution in [3.8, 4) is 5.75 Å². The molecule has 1 N–H and O–H groups in total. The Labute approximate surface area is 111 Å². The van der Waals surface area contributed by atoms with Crippen LogP contribution < -0.4 is -0.342 Å². The van der Waals surface area contributed by atoms with Crippen LogP contribution in [-0.4, -0.2) is 61.6 Å². The van der Waals surface area contributed by atoms with Gasteiger partial charge in [0.05, 0.1) is 0 Å². The van der Waals surface area contributed by atoms with Gasteiger partial charge in [-0.25, -0.2) is 0 Å². The quantitative estimate of drug-likeness (QED) is 0.532. The van der Waals surface area contributed by atoms with Crippen LogP contribution in [0.3, 0.4) is 0 Å². The number of rotatable bonds is 0. The Kier molecular flexibility index (Phi) is 6.96. The number of hydrogen-bond donors (Lipinski definition) is 1. The van der Waals surface area contributed by atoms with Crippen LogP contribution in [0.25, 0.3) is 0 Å². The molecule has 0 amide bonds. The molecule has 8 heteroatoms. The number of phenolic OH excluding ortho intramolecular Hbond substituents is 1. The molecule has 1 nitrogen and oxygen atoms in total. The van der Waals surface area contributed by atoms with Crippen LogP contribution in [0.15, 0.2) is 12.1 Å². The summed E-state index contributed by atoms with van der Waals surface area (Å²) in [7, 11) is -3.67. The molecule has 0 unspecified atom stereocenters. The summed E-state index contributed by atoms with van der Waals surface area (Å²) < 4.78 is 54.0. The Hall–Kier alpha value is 0.371. The first kappa shape index (κ1) is 14.4. The Morgan fingerprint density at radius 3 is 1.93 bits per heavy atom. The van der Waals surface area contributed by atoms with Crippen molar-refractivity contribution >= 4 is 56.2 Å². The number of hydrogen-bond acceptors (Lipinski definition) is 1. The molecule has 0 bridgehead atoms. The molecule has 1 rings (SSSR count). The van der Waals surface area contributed by atoms with E-state index in [4.69, 9.17) is 5.11 Å². The summed E-state index contributed by atoms with van der Waals surface area (Å²) in [6.45, 7) is 0. The van der Waals surface area contributed by atoms with Gasteiger partial charge in [0.15, 0.2) is 0 Å². The van der Waals surface area contributed by atoms with Crippen LogP contribution >= 0.6 is 0 Å². The first-order chi connectivity index (χ1) is 6.34. The molecule has 14 heavy (non-hydrogen) atoms. The molecule has 72 valence electrons. The zero-order valence-corrected chi connectivity index (χ0v) is 10.2. The van der Waals surface area contributed by atoms with E-state index in [1.54, 1.807) is 0 Å². The summed E-state index contributed by atoms with van der Waals surface area (Å²) in [4.78, 5) is 0. The minimum atomic E-state index is -3.67. The Morgan fingerprint density at radius 1 is 1.14 bits per heavy atom. The third kappa shape index (κ3) is 5.97. The number of halogens is 5. The minimum absolute atomic E-state index is 0.0366. The molecular weight excluding hydrogens is 233 g/mol. The van der Waals surface area contributed by atoms with Crippen LogP contribution in [0.5, 0.6) is 5.75 Å². The Morgan fingerprint density at radius 2 is 1.57 bits per heavy atom. The summed E-state index contributed by atoms with van der Waals surface area (Å²) in [5.41, 5.74) is 0. The summed E-state index contributed by atoms with van der Waals surface area (Å²) in [6, 6.07) is 1.70. The zero-order chi connectivity index (χ0) is 11.3. The molecular formula is C6H3BF5KO. The predicted molar refractivity (Wildman–Crippen MR) is 42.5 cm³/mol. The van der Waals surface area contributed by atoms with Crippen molar-refractivity contribution in [1.29, 1.82) is 0 Å². The molecule has 0 atom stereocenters. The van der Waals surface area contributed by atoms with E-state index in [2.05, 4.69) is 0 Å². The van der Waals surface area contributed by atoms with Gasteiger partial charge in [-0.2, -0.15) is 0 Å². The van der Waals surface area contributed by atoms with Crippen LogP contribution in [0.4, 0.5) is 21.7 Å². The maximum absolute atomic E-state index is 12.5. The fourth-order valence-electron chi connectivity index (χ4n) is 0.632. The molecule has 0 saturated carbocycles. The van der Waals surface area contributed by atoms with E-state index in [9.17, 15) is 21.7 Å². The second-order valence-electron chi connectivity index (χ2n) is 2.28. The van der Waals surface area contributed by atoms with Gasteiger partial charge < -0.3 is 0 Å². The van der Waals surface area contributed by atoms with Crippen molar-refractivity contribution < 1.29 is 26.8 Å². The third-order valence-corrected chi connectivity index (χ3v) is 2.83. The Balaban J connectivity index is 0.000000364. The van der Waals surface area contributed by atoms with E-state index in [0.717, 1.165) is 12.1 Å². The number of benzene rings is 1. The van der Waals surface area contributed by atoms with E-state index in [0.29, 0.717) is 0 Å². The molecule has 0 fully saturated rings. The second kappa shape index (κ2) is 6.78. The summed E-state index contributed by atoms with van der Waals surface area (Å²) in [5.74, 6) is -1.64. The predicted octanol–water partition coefficient (Wildman–Crippen LogP) is 1.34. The van der Waals surface area contributed by atoms with Crippen molar-refractivity contribution in [2.45, 2.75) is 0 Å². The topological polar surface area (TPSA) is 20.2 Å². The van der Waals surface area contributed by atoms with E-state index in [1.165, 1.54) is 0 Å². The molecule has 0 aliphatic heterocycles. The fourth-order valence-corrected chi connectivity index (χ4v) is 1.08. The van der Waals surface area contributed by atoms with Gasteiger partial charge in [0.25, 0.3) is 0 Å². The molecule has 1 aromatic carbocycles. The number of phenols is 1. The normalized spacial score (nSPS) is 9.07. The standard InChI is InChI=1S/C6H3F2O.BF3.K/c7-4-1-5(8)3-6(9)2-4;2-1(3)4;/h1-2,9H;;. The Bertz CT molecular complexity index is 283. The summed E-state index contributed by atoms with van der Waals surface area (Å²) in [5, 5.41) is 8.85. The molecule has 1 aromatic rings. The average molecular weight is 236 g/mol. The van der Waals surface area contributed by atoms with E-state index >= 15 is 0 Å². The molecule has 0 aromatic heterocycles. The maximum atomic E-state index is 12.5. The molecule has 0 heterocycles. The van der Waals surface area contributed by atoms with Gasteiger partial charge in [-0.05, 0) is 0 Å². The number of aromatic hydroxyl groups is 1. The van der Waals surface area contributed by atoms with Crippen molar-refractivity contribution in [2.24, 2.45) is 0 Å². The first-order valence-electron chi connectivity index (χ1n) is 3.41. The molecule has 0 spiro atoms. The van der Waals surface area contributed by atoms with E-state index in [1.807, 2.05) is 0 Å². The van der Waals surface area contributed by atoms with Gasteiger partial charge in [0.1, 0.15) is 0 Å². The summed E-state index contributed by atoms with van der Waals surface area (Å²) >= 11 is 0.0366. The van der Waals surface area contributed by atoms with Gasteiger partial charge >= 0.3 is 99.6 Å². The van der Waals surface area contributed by atoms with Crippen molar-refractivity contribution in [2.75, 3.05) is 0 Å². The molecule has 0 aliphatic carbocycles. The molecule has 0 aliphatic rings. The molecule has 0 saturated heterocycles. The van der Waals surface area contributed by atoms with E-state index in [-0.39, 0.29) is 54.4 Å². The van der Waals surface area contributed by atoms with Gasteiger partial charge in [-0.1, -0.05) is 0 Å². The van der Waals surface area contributed by atoms with Crippen molar-refractivity contribution in [3.63, 3.8) is 0 Å². The monoisotopic (exact) mass is 236 g/mol. The van der Waals surface area contributed by atoms with Gasteiger partial charge in [0.2, 0.25) is 0 Å². The molecule has 0 radical (unpaired) electrons. The van der Waals surface area contributed by atoms with Crippen molar-refractivity contribution in [3.05, 3.63) is 23.8 Å². The average Bonchev–Trinajstić information content (AvgIpc) is 1.98. The van der Waals surface area contributed by atoms with Gasteiger partial charge in [-0.3, -0.25) is 12.9 Å². The zero-order valence-electron chi connectivity index (χ0n) is 7.07. The van der Waals surface area contributed by atoms with Crippen LogP contribution in [-0.2, 0) is 0 Å². The summed E-state index contributed by atoms with van der Waals surface area (Å²) in [6.07, 6.45) is 0. The van der Waals surface area contributed by atoms with Crippen LogP contribution in [0.1, 0.15) is 0 Å². The second-order valence-corrected chi connectivity index (χ2v) is 3.84. The van der Waals surface area contributed by atoms with E-state index < -0.39 is 19.2 Å². The van der Waals surface area contributed by atoms with Crippen LogP contribution in [0, 0.1) is 11.6 Å². The van der Waals surface area contributed by atoms with Crippen LogP contribution in [0.2, 0.25) is 0 Å². The SMILES string of the molecule is FB(F)F.Oc1cc(F)cc(F)[c]1[K]. The van der Waals surface area contributed by atoms with Crippen molar-refractivity contribution in [1.82, 2.24) is 0 Å². The fraction of sp³-hybridized carbons (Fsp3) is 0. The van der Waals surface area contributed by atoms with Gasteiger partial charge in [-0.15, -0.1) is 0 Å². The first-order valence-corrected chi connectivity index (χ1v) is 4.97. The third-order valence-electron chi connectivity index (χ3n) is 1.28. The van der Waals surface area contributed by atoms with Gasteiger partial charge in [0, 0.05) is 0 Å².